The van der Waals surface area contributed by atoms with E-state index in [0.29, 0.717) is 5.69 Å². The molecule has 2 N–H and O–H groups in total. The molecular formula is C10H10N4O. The number of aromatic nitrogens is 3. The van der Waals surface area contributed by atoms with Crippen LogP contribution in [0.3, 0.4) is 0 Å². The fourth-order valence-corrected chi connectivity index (χ4v) is 1.24. The summed E-state index contributed by atoms with van der Waals surface area (Å²) in [5.74, 6) is -0.178. The van der Waals surface area contributed by atoms with Crippen LogP contribution in [-0.2, 0) is 0 Å². The molecular weight excluding hydrogens is 192 g/mol. The van der Waals surface area contributed by atoms with E-state index in [1.165, 1.54) is 0 Å². The second kappa shape index (κ2) is 3.91. The number of nitrogens with one attached hydrogen (secondary N) is 2. The quantitative estimate of drug-likeness (QED) is 0.757. The number of rotatable bonds is 2. The highest BCUT2D eigenvalue weighted by atomic mass is 16.1. The van der Waals surface area contributed by atoms with Crippen molar-refractivity contribution in [3.05, 3.63) is 36.3 Å². The van der Waals surface area contributed by atoms with Crippen molar-refractivity contribution in [1.82, 2.24) is 20.5 Å². The highest BCUT2D eigenvalue weighted by Crippen LogP contribution is 2.15. The Kier molecular flexibility index (Phi) is 2.45. The van der Waals surface area contributed by atoms with E-state index < -0.39 is 0 Å². The monoisotopic (exact) mass is 202 g/mol. The van der Waals surface area contributed by atoms with Gasteiger partial charge in [-0.25, -0.2) is 0 Å². The number of hydrogen-bond acceptors (Lipinski definition) is 3. The van der Waals surface area contributed by atoms with Crippen LogP contribution in [0.1, 0.15) is 10.5 Å². The van der Waals surface area contributed by atoms with Gasteiger partial charge in [-0.2, -0.15) is 5.10 Å². The molecule has 76 valence electrons. The first-order chi connectivity index (χ1) is 7.31. The first kappa shape index (κ1) is 9.39. The lowest BCUT2D eigenvalue weighted by Crippen LogP contribution is -2.17. The van der Waals surface area contributed by atoms with E-state index >= 15 is 0 Å². The van der Waals surface area contributed by atoms with E-state index in [4.69, 9.17) is 0 Å². The summed E-state index contributed by atoms with van der Waals surface area (Å²) in [6.45, 7) is 0. The van der Waals surface area contributed by atoms with E-state index in [1.807, 2.05) is 12.1 Å². The molecule has 0 aliphatic carbocycles. The maximum Gasteiger partial charge on any atom is 0.269 e. The molecule has 0 spiro atoms. The van der Waals surface area contributed by atoms with Crippen LogP contribution in [0.2, 0.25) is 0 Å². The zero-order chi connectivity index (χ0) is 10.7. The van der Waals surface area contributed by atoms with Crippen LogP contribution >= 0.6 is 0 Å². The molecule has 0 radical (unpaired) electrons. The van der Waals surface area contributed by atoms with Crippen LogP contribution in [-0.4, -0.2) is 28.1 Å². The summed E-state index contributed by atoms with van der Waals surface area (Å²) in [6, 6.07) is 5.38. The minimum Gasteiger partial charge on any atom is -0.354 e. The minimum atomic E-state index is -0.178. The van der Waals surface area contributed by atoms with Gasteiger partial charge in [0.1, 0.15) is 5.69 Å². The smallest absolute Gasteiger partial charge is 0.269 e. The number of nitrogens with zero attached hydrogens (tertiary/aromatic N) is 2. The summed E-state index contributed by atoms with van der Waals surface area (Å²) < 4.78 is 0. The van der Waals surface area contributed by atoms with Crippen molar-refractivity contribution in [3.8, 4) is 11.3 Å². The molecule has 0 bridgehead atoms. The number of pyridine rings is 1. The molecule has 2 aromatic rings. The van der Waals surface area contributed by atoms with Gasteiger partial charge in [-0.1, -0.05) is 0 Å². The average Bonchev–Trinajstić information content (AvgIpc) is 2.78. The van der Waals surface area contributed by atoms with Gasteiger partial charge in [0, 0.05) is 25.0 Å². The van der Waals surface area contributed by atoms with Crippen LogP contribution in [0.15, 0.2) is 30.6 Å². The van der Waals surface area contributed by atoms with Crippen molar-refractivity contribution in [1.29, 1.82) is 0 Å². The molecule has 0 aromatic carbocycles. The van der Waals surface area contributed by atoms with E-state index in [-0.39, 0.29) is 5.91 Å². The molecule has 2 aromatic heterocycles. The molecule has 0 unspecified atom stereocenters. The number of amides is 1. The Morgan fingerprint density at radius 2 is 2.13 bits per heavy atom. The third kappa shape index (κ3) is 1.85. The highest BCUT2D eigenvalue weighted by molar-refractivity contribution is 5.93. The van der Waals surface area contributed by atoms with Crippen LogP contribution in [0, 0.1) is 0 Å². The second-order valence-electron chi connectivity index (χ2n) is 2.98. The van der Waals surface area contributed by atoms with Gasteiger partial charge in [0.2, 0.25) is 0 Å². The Morgan fingerprint density at radius 1 is 1.40 bits per heavy atom. The van der Waals surface area contributed by atoms with Crippen LogP contribution in [0.4, 0.5) is 0 Å². The van der Waals surface area contributed by atoms with Gasteiger partial charge >= 0.3 is 0 Å². The Hall–Kier alpha value is -2.17. The summed E-state index contributed by atoms with van der Waals surface area (Å²) in [7, 11) is 1.58. The van der Waals surface area contributed by atoms with Gasteiger partial charge in [0.05, 0.1) is 5.69 Å². The Labute approximate surface area is 86.5 Å². The molecule has 0 saturated carbocycles. The lowest BCUT2D eigenvalue weighted by molar-refractivity contribution is 0.0958. The van der Waals surface area contributed by atoms with Gasteiger partial charge < -0.3 is 5.32 Å². The predicted octanol–water partition coefficient (Wildman–Crippen LogP) is 0.831. The highest BCUT2D eigenvalue weighted by Gasteiger charge is 2.08. The van der Waals surface area contributed by atoms with Crippen molar-refractivity contribution in [2.24, 2.45) is 0 Å². The number of aromatic amines is 1. The summed E-state index contributed by atoms with van der Waals surface area (Å²) in [5.41, 5.74) is 2.11. The first-order valence-corrected chi connectivity index (χ1v) is 4.49. The van der Waals surface area contributed by atoms with Crippen molar-refractivity contribution >= 4 is 5.91 Å². The van der Waals surface area contributed by atoms with Gasteiger partial charge in [-0.15, -0.1) is 0 Å². The zero-order valence-corrected chi connectivity index (χ0v) is 8.19. The molecule has 5 nitrogen and oxygen atoms in total. The van der Waals surface area contributed by atoms with Crippen molar-refractivity contribution in [2.75, 3.05) is 7.05 Å². The van der Waals surface area contributed by atoms with Gasteiger partial charge in [0.25, 0.3) is 5.91 Å². The Balaban J connectivity index is 2.32. The molecule has 2 heterocycles. The Morgan fingerprint density at radius 3 is 2.80 bits per heavy atom. The lowest BCUT2D eigenvalue weighted by Gasteiger charge is -1.93. The van der Waals surface area contributed by atoms with Gasteiger partial charge in [0.15, 0.2) is 0 Å². The third-order valence-corrected chi connectivity index (χ3v) is 2.03. The number of hydrogen-bond donors (Lipinski definition) is 2. The van der Waals surface area contributed by atoms with Crippen LogP contribution < -0.4 is 5.32 Å². The van der Waals surface area contributed by atoms with Crippen molar-refractivity contribution in [2.45, 2.75) is 0 Å². The molecule has 15 heavy (non-hydrogen) atoms. The van der Waals surface area contributed by atoms with Crippen molar-refractivity contribution in [3.63, 3.8) is 0 Å². The summed E-state index contributed by atoms with van der Waals surface area (Å²) >= 11 is 0. The molecule has 0 saturated heterocycles. The lowest BCUT2D eigenvalue weighted by atomic mass is 10.2. The molecule has 5 heteroatoms. The van der Waals surface area contributed by atoms with Crippen LogP contribution in [0.25, 0.3) is 11.3 Å². The topological polar surface area (TPSA) is 70.7 Å². The summed E-state index contributed by atoms with van der Waals surface area (Å²) in [6.07, 6.45) is 3.37. The zero-order valence-electron chi connectivity index (χ0n) is 8.19. The second-order valence-corrected chi connectivity index (χ2v) is 2.98. The average molecular weight is 202 g/mol. The molecule has 0 fully saturated rings. The van der Waals surface area contributed by atoms with E-state index in [1.54, 1.807) is 25.5 Å². The largest absolute Gasteiger partial charge is 0.354 e. The van der Waals surface area contributed by atoms with E-state index in [2.05, 4.69) is 20.5 Å². The maximum absolute atomic E-state index is 11.3. The molecule has 0 aliphatic heterocycles. The third-order valence-electron chi connectivity index (χ3n) is 2.03. The van der Waals surface area contributed by atoms with Gasteiger partial charge in [-0.05, 0) is 18.2 Å². The van der Waals surface area contributed by atoms with Gasteiger partial charge in [-0.3, -0.25) is 14.9 Å². The molecule has 2 rings (SSSR count). The normalized spacial score (nSPS) is 9.93. The standard InChI is InChI=1S/C10H10N4O/c1-11-10(15)9-6-8(13-14-9)7-2-4-12-5-3-7/h2-6H,1H3,(H,11,15)(H,13,14). The SMILES string of the molecule is CNC(=O)c1cc(-c2ccncc2)n[nH]1. The fraction of sp³-hybridized carbons (Fsp3) is 0.100. The van der Waals surface area contributed by atoms with E-state index in [9.17, 15) is 4.79 Å². The number of H-pyrrole nitrogens is 1. The maximum atomic E-state index is 11.3. The molecule has 0 aliphatic rings. The van der Waals surface area contributed by atoms with E-state index in [0.717, 1.165) is 11.3 Å². The molecule has 1 amide bonds. The Bertz CT molecular complexity index is 463. The number of carbonyl (C=O) groups excluding carboxylic acids is 1. The summed E-state index contributed by atoms with van der Waals surface area (Å²) in [4.78, 5) is 15.2. The predicted molar refractivity (Wildman–Crippen MR) is 55.2 cm³/mol. The van der Waals surface area contributed by atoms with Crippen molar-refractivity contribution < 1.29 is 4.79 Å². The van der Waals surface area contributed by atoms with Crippen LogP contribution in [0.5, 0.6) is 0 Å². The minimum absolute atomic E-state index is 0.178. The molecule has 0 atom stereocenters. The first-order valence-electron chi connectivity index (χ1n) is 4.49. The summed E-state index contributed by atoms with van der Waals surface area (Å²) in [5, 5.41) is 9.24. The fourth-order valence-electron chi connectivity index (χ4n) is 1.24. The number of carbonyl (C=O) groups is 1.